The molecular formula is C13H13BrFNO3. The lowest BCUT2D eigenvalue weighted by molar-refractivity contribution is -0.146. The van der Waals surface area contributed by atoms with E-state index in [2.05, 4.69) is 21.2 Å². The van der Waals surface area contributed by atoms with E-state index in [1.54, 1.807) is 6.07 Å². The third-order valence-corrected chi connectivity index (χ3v) is 3.75. The maximum Gasteiger partial charge on any atom is 0.315 e. The van der Waals surface area contributed by atoms with Gasteiger partial charge in [-0.15, -0.1) is 0 Å². The van der Waals surface area contributed by atoms with Gasteiger partial charge in [0.1, 0.15) is 11.7 Å². The van der Waals surface area contributed by atoms with Gasteiger partial charge in [0.05, 0.1) is 5.54 Å². The van der Waals surface area contributed by atoms with Crippen molar-refractivity contribution < 1.29 is 19.1 Å². The van der Waals surface area contributed by atoms with E-state index in [1.807, 2.05) is 0 Å². The van der Waals surface area contributed by atoms with Crippen LogP contribution in [-0.2, 0) is 15.1 Å². The van der Waals surface area contributed by atoms with E-state index in [9.17, 15) is 14.0 Å². The van der Waals surface area contributed by atoms with Crippen LogP contribution in [0.5, 0.6) is 0 Å². The van der Waals surface area contributed by atoms with E-state index in [-0.39, 0.29) is 0 Å². The Morgan fingerprint density at radius 2 is 2.05 bits per heavy atom. The molecule has 1 unspecified atom stereocenters. The Labute approximate surface area is 118 Å². The zero-order chi connectivity index (χ0) is 14.2. The van der Waals surface area contributed by atoms with Gasteiger partial charge in [-0.05, 0) is 43.5 Å². The molecule has 2 N–H and O–H groups in total. The zero-order valence-electron chi connectivity index (χ0n) is 10.2. The van der Waals surface area contributed by atoms with Crippen molar-refractivity contribution in [1.29, 1.82) is 0 Å². The van der Waals surface area contributed by atoms with Gasteiger partial charge in [-0.2, -0.15) is 0 Å². The van der Waals surface area contributed by atoms with Gasteiger partial charge in [0.15, 0.2) is 0 Å². The highest BCUT2D eigenvalue weighted by Crippen LogP contribution is 2.46. The van der Waals surface area contributed by atoms with Crippen molar-refractivity contribution in [1.82, 2.24) is 5.32 Å². The van der Waals surface area contributed by atoms with Crippen LogP contribution in [-0.4, -0.2) is 17.0 Å². The fourth-order valence-corrected chi connectivity index (χ4v) is 2.36. The number of carboxylic acids is 1. The number of carbonyl (C=O) groups is 2. The normalized spacial score (nSPS) is 17.6. The predicted octanol–water partition coefficient (Wildman–Crippen LogP) is 2.41. The Kier molecular flexibility index (Phi) is 3.62. The molecule has 6 heteroatoms. The molecule has 0 aliphatic heterocycles. The summed E-state index contributed by atoms with van der Waals surface area (Å²) in [5.41, 5.74) is 0.0381. The Morgan fingerprint density at radius 3 is 2.53 bits per heavy atom. The molecule has 0 bridgehead atoms. The monoisotopic (exact) mass is 329 g/mol. The molecule has 1 aromatic rings. The Bertz CT molecular complexity index is 522. The number of nitrogens with one attached hydrogen (secondary N) is 1. The number of benzene rings is 1. The first-order chi connectivity index (χ1) is 8.84. The number of hydrogen-bond acceptors (Lipinski definition) is 2. The lowest BCUT2D eigenvalue weighted by Crippen LogP contribution is -2.40. The molecule has 2 rings (SSSR count). The molecule has 102 valence electrons. The number of carbonyl (C=O) groups excluding carboxylic acids is 1. The van der Waals surface area contributed by atoms with Gasteiger partial charge >= 0.3 is 5.97 Å². The summed E-state index contributed by atoms with van der Waals surface area (Å²) in [6.07, 6.45) is 1.36. The fraction of sp³-hybridized carbons (Fsp3) is 0.385. The van der Waals surface area contributed by atoms with Crippen LogP contribution >= 0.6 is 15.9 Å². The van der Waals surface area contributed by atoms with Crippen molar-refractivity contribution in [2.24, 2.45) is 5.92 Å². The first-order valence-electron chi connectivity index (χ1n) is 5.85. The summed E-state index contributed by atoms with van der Waals surface area (Å²) in [6.45, 7) is 1.33. The summed E-state index contributed by atoms with van der Waals surface area (Å²) in [5, 5.41) is 11.5. The van der Waals surface area contributed by atoms with Gasteiger partial charge in [-0.1, -0.05) is 15.9 Å². The number of carboxylic acid groups (broad SMARTS) is 1. The number of rotatable bonds is 4. The minimum absolute atomic E-state index is 0.392. The molecule has 4 nitrogen and oxygen atoms in total. The van der Waals surface area contributed by atoms with Gasteiger partial charge in [0, 0.05) is 4.47 Å². The highest BCUT2D eigenvalue weighted by atomic mass is 79.9. The molecule has 0 saturated heterocycles. The molecule has 19 heavy (non-hydrogen) atoms. The number of hydrogen-bond donors (Lipinski definition) is 2. The topological polar surface area (TPSA) is 66.4 Å². The molecule has 1 amide bonds. The third-order valence-electron chi connectivity index (χ3n) is 3.29. The second kappa shape index (κ2) is 4.92. The van der Waals surface area contributed by atoms with Crippen LogP contribution in [0, 0.1) is 11.7 Å². The van der Waals surface area contributed by atoms with E-state index >= 15 is 0 Å². The lowest BCUT2D eigenvalue weighted by Gasteiger charge is -2.20. The average molecular weight is 330 g/mol. The fourth-order valence-electron chi connectivity index (χ4n) is 1.90. The van der Waals surface area contributed by atoms with Crippen LogP contribution in [0.4, 0.5) is 4.39 Å². The van der Waals surface area contributed by atoms with Crippen LogP contribution in [0.25, 0.3) is 0 Å². The summed E-state index contributed by atoms with van der Waals surface area (Å²) in [4.78, 5) is 22.5. The van der Waals surface area contributed by atoms with Crippen molar-refractivity contribution in [2.75, 3.05) is 0 Å². The zero-order valence-corrected chi connectivity index (χ0v) is 11.8. The minimum atomic E-state index is -1.17. The highest BCUT2D eigenvalue weighted by molar-refractivity contribution is 9.10. The summed E-state index contributed by atoms with van der Waals surface area (Å²) < 4.78 is 14.0. The molecule has 1 saturated carbocycles. The van der Waals surface area contributed by atoms with E-state index in [4.69, 9.17) is 5.11 Å². The third kappa shape index (κ3) is 2.94. The van der Waals surface area contributed by atoms with Crippen LogP contribution in [0.3, 0.4) is 0 Å². The number of halogens is 2. The van der Waals surface area contributed by atoms with Gasteiger partial charge in [0.25, 0.3) is 0 Å². The molecule has 1 aliphatic rings. The first-order valence-corrected chi connectivity index (χ1v) is 6.65. The Hall–Kier alpha value is -1.43. The second-order valence-corrected chi connectivity index (χ2v) is 5.71. The molecule has 1 aromatic carbocycles. The maximum atomic E-state index is 13.4. The van der Waals surface area contributed by atoms with Gasteiger partial charge in [-0.3, -0.25) is 9.59 Å². The van der Waals surface area contributed by atoms with Crippen LogP contribution in [0.1, 0.15) is 25.3 Å². The Balaban J connectivity index is 2.20. The second-order valence-electron chi connectivity index (χ2n) is 4.79. The van der Waals surface area contributed by atoms with Crippen molar-refractivity contribution in [3.05, 3.63) is 34.1 Å². The van der Waals surface area contributed by atoms with Crippen molar-refractivity contribution in [2.45, 2.75) is 25.3 Å². The molecule has 1 aliphatic carbocycles. The summed E-state index contributed by atoms with van der Waals surface area (Å²) in [5.74, 6) is -3.23. The average Bonchev–Trinajstić information content (AvgIpc) is 3.07. The molecule has 0 heterocycles. The minimum Gasteiger partial charge on any atom is -0.481 e. The molecular weight excluding hydrogens is 317 g/mol. The van der Waals surface area contributed by atoms with Gasteiger partial charge in [-0.25, -0.2) is 4.39 Å². The molecule has 1 atom stereocenters. The predicted molar refractivity (Wildman–Crippen MR) is 70.0 cm³/mol. The van der Waals surface area contributed by atoms with Gasteiger partial charge < -0.3 is 10.4 Å². The molecule has 1 fully saturated rings. The van der Waals surface area contributed by atoms with E-state index < -0.39 is 29.2 Å². The summed E-state index contributed by atoms with van der Waals surface area (Å²) in [6, 6.07) is 4.44. The van der Waals surface area contributed by atoms with Crippen LogP contribution in [0.15, 0.2) is 22.7 Å². The number of amides is 1. The maximum absolute atomic E-state index is 13.4. The molecule has 0 radical (unpaired) electrons. The lowest BCUT2D eigenvalue weighted by atomic mass is 10.0. The quantitative estimate of drug-likeness (QED) is 0.833. The smallest absolute Gasteiger partial charge is 0.315 e. The number of aliphatic carboxylic acids is 1. The SMILES string of the molecule is CC(C(=O)O)C(=O)NC1(c2cc(F)cc(Br)c2)CC1. The largest absolute Gasteiger partial charge is 0.481 e. The summed E-state index contributed by atoms with van der Waals surface area (Å²) >= 11 is 3.20. The van der Waals surface area contributed by atoms with E-state index in [1.165, 1.54) is 19.1 Å². The first kappa shape index (κ1) is 14.0. The van der Waals surface area contributed by atoms with Crippen molar-refractivity contribution >= 4 is 27.8 Å². The molecule has 0 aromatic heterocycles. The van der Waals surface area contributed by atoms with Crippen molar-refractivity contribution in [3.63, 3.8) is 0 Å². The van der Waals surface area contributed by atoms with Gasteiger partial charge in [0.2, 0.25) is 5.91 Å². The van der Waals surface area contributed by atoms with E-state index in [0.717, 1.165) is 0 Å². The highest BCUT2D eigenvalue weighted by Gasteiger charge is 2.47. The van der Waals surface area contributed by atoms with Crippen molar-refractivity contribution in [3.8, 4) is 0 Å². The van der Waals surface area contributed by atoms with E-state index in [0.29, 0.717) is 22.9 Å². The molecule has 0 spiro atoms. The Morgan fingerprint density at radius 1 is 1.42 bits per heavy atom. The van der Waals surface area contributed by atoms with Crippen LogP contribution < -0.4 is 5.32 Å². The summed E-state index contributed by atoms with van der Waals surface area (Å²) in [7, 11) is 0. The van der Waals surface area contributed by atoms with Crippen LogP contribution in [0.2, 0.25) is 0 Å². The standard InChI is InChI=1S/C13H13BrFNO3/c1-7(12(18)19)11(17)16-13(2-3-13)8-4-9(14)6-10(15)5-8/h4-7H,2-3H2,1H3,(H,16,17)(H,18,19).